The van der Waals surface area contributed by atoms with Crippen LogP contribution in [0.4, 0.5) is 0 Å². The van der Waals surface area contributed by atoms with Gasteiger partial charge >= 0.3 is 0 Å². The first kappa shape index (κ1) is 32.5. The van der Waals surface area contributed by atoms with Gasteiger partial charge in [-0.05, 0) is 71.3 Å². The van der Waals surface area contributed by atoms with Gasteiger partial charge in [-0.2, -0.15) is 0 Å². The minimum Gasteiger partial charge on any atom is -0.500 e. The van der Waals surface area contributed by atoms with Gasteiger partial charge in [0.2, 0.25) is 20.1 Å². The third kappa shape index (κ3) is 6.36. The first-order valence-electron chi connectivity index (χ1n) is 17.9. The number of carbonyl (C=O) groups is 2. The summed E-state index contributed by atoms with van der Waals surface area (Å²) in [5, 5.41) is 3.20. The smallest absolute Gasteiger partial charge is 0.233 e. The molecule has 4 aromatic carbocycles. The lowest BCUT2D eigenvalue weighted by molar-refractivity contribution is -0.145. The molecule has 5 aliphatic heterocycles. The Bertz CT molecular complexity index is 1800. The number of benzene rings is 4. The fraction of sp³-hybridized carbons (Fsp3) is 0.302. The molecule has 0 aromatic heterocycles. The van der Waals surface area contributed by atoms with Gasteiger partial charge in [0.1, 0.15) is 11.7 Å². The van der Waals surface area contributed by atoms with Gasteiger partial charge in [0.25, 0.3) is 0 Å². The van der Waals surface area contributed by atoms with Crippen molar-refractivity contribution >= 4 is 20.1 Å². The van der Waals surface area contributed by atoms with E-state index >= 15 is 0 Å². The fourth-order valence-electron chi connectivity index (χ4n) is 9.04. The Hall–Kier alpha value is -4.72. The number of methoxy groups -OCH3 is 1. The minimum absolute atomic E-state index is 0.0570. The zero-order valence-corrected chi connectivity index (χ0v) is 29.5. The van der Waals surface area contributed by atoms with Crippen LogP contribution in [0.15, 0.2) is 144 Å². The SMILES string of the molecule is COC1=C[C@H]2NC(=O)[C@@H]1[C@@H]1C3=C(C[C@@H](O[Si](Cc4ccccc4)(Cc4ccccc4)Cc4ccccc4)C3)[C@H]2C(=O)N1CCc1ccccc1. The third-order valence-electron chi connectivity index (χ3n) is 11.1. The molecule has 50 heavy (non-hydrogen) atoms. The van der Waals surface area contributed by atoms with Crippen LogP contribution in [0.25, 0.3) is 0 Å². The predicted octanol–water partition coefficient (Wildman–Crippen LogP) is 6.48. The monoisotopic (exact) mass is 680 g/mol. The molecule has 1 saturated heterocycles. The van der Waals surface area contributed by atoms with Crippen molar-refractivity contribution in [3.8, 4) is 0 Å². The lowest BCUT2D eigenvalue weighted by Gasteiger charge is -2.50. The Kier molecular flexibility index (Phi) is 9.02. The van der Waals surface area contributed by atoms with E-state index in [-0.39, 0.29) is 17.9 Å². The number of hydrogen-bond acceptors (Lipinski definition) is 4. The second kappa shape index (κ2) is 13.9. The molecule has 7 aliphatic rings. The second-order valence-corrected chi connectivity index (χ2v) is 18.0. The quantitative estimate of drug-likeness (QED) is 0.137. The Morgan fingerprint density at radius 3 is 1.70 bits per heavy atom. The van der Waals surface area contributed by atoms with E-state index in [1.165, 1.54) is 33.4 Å². The van der Waals surface area contributed by atoms with Crippen LogP contribution >= 0.6 is 0 Å². The van der Waals surface area contributed by atoms with Gasteiger partial charge in [-0.3, -0.25) is 9.59 Å². The van der Waals surface area contributed by atoms with E-state index in [9.17, 15) is 9.59 Å². The van der Waals surface area contributed by atoms with Gasteiger partial charge in [-0.25, -0.2) is 0 Å². The molecule has 11 rings (SSSR count). The van der Waals surface area contributed by atoms with Crippen LogP contribution in [-0.2, 0) is 43.3 Å². The van der Waals surface area contributed by atoms with Crippen LogP contribution in [-0.4, -0.2) is 56.9 Å². The van der Waals surface area contributed by atoms with Gasteiger partial charge in [0.15, 0.2) is 0 Å². The van der Waals surface area contributed by atoms with E-state index in [0.717, 1.165) is 24.6 Å². The molecule has 5 atom stereocenters. The topological polar surface area (TPSA) is 67.9 Å². The standard InChI is InChI=1S/C43H44N2O4Si/c1-48-38-26-37-39-35-24-34(25-36(35)41(40(38)42(46)44-37)45(43(39)47)23-22-30-14-6-2-7-15-30)49-50(27-31-16-8-3-9-17-31,28-32-18-10-4-11-19-32)29-33-20-12-5-13-21-33/h2-21,26,34,37,39-41H,22-25,27-29H2,1H3,(H,44,46)/t34-,37-,39-,40+,41+/m1/s1. The van der Waals surface area contributed by atoms with Crippen molar-refractivity contribution in [3.05, 3.63) is 167 Å². The summed E-state index contributed by atoms with van der Waals surface area (Å²) < 4.78 is 13.6. The van der Waals surface area contributed by atoms with Gasteiger partial charge in [0.05, 0.1) is 31.2 Å². The minimum atomic E-state index is -2.59. The van der Waals surface area contributed by atoms with Crippen LogP contribution in [0.5, 0.6) is 0 Å². The van der Waals surface area contributed by atoms with Crippen LogP contribution in [0, 0.1) is 11.8 Å². The van der Waals surface area contributed by atoms with E-state index in [0.29, 0.717) is 25.1 Å². The largest absolute Gasteiger partial charge is 0.500 e. The molecule has 7 heteroatoms. The lowest BCUT2D eigenvalue weighted by atomic mass is 9.71. The molecule has 254 valence electrons. The van der Waals surface area contributed by atoms with Crippen molar-refractivity contribution in [2.45, 2.75) is 55.6 Å². The van der Waals surface area contributed by atoms with E-state index in [2.05, 4.69) is 108 Å². The maximum absolute atomic E-state index is 14.6. The molecule has 6 nitrogen and oxygen atoms in total. The number of carbonyl (C=O) groups excluding carboxylic acids is 2. The molecular weight excluding hydrogens is 637 g/mol. The molecule has 1 fully saturated rings. The lowest BCUT2D eigenvalue weighted by Crippen LogP contribution is -2.65. The number of ether oxygens (including phenoxy) is 1. The molecule has 2 aliphatic carbocycles. The average molecular weight is 681 g/mol. The molecule has 0 unspecified atom stereocenters. The van der Waals surface area contributed by atoms with Crippen molar-refractivity contribution in [2.24, 2.45) is 11.8 Å². The van der Waals surface area contributed by atoms with Crippen molar-refractivity contribution in [3.63, 3.8) is 0 Å². The second-order valence-electron chi connectivity index (χ2n) is 14.3. The summed E-state index contributed by atoms with van der Waals surface area (Å²) in [5.74, 6) is -0.329. The highest BCUT2D eigenvalue weighted by Crippen LogP contribution is 2.50. The molecule has 0 spiro atoms. The highest BCUT2D eigenvalue weighted by Gasteiger charge is 2.57. The van der Waals surface area contributed by atoms with E-state index < -0.39 is 32.2 Å². The highest BCUT2D eigenvalue weighted by molar-refractivity contribution is 6.72. The van der Waals surface area contributed by atoms with Crippen molar-refractivity contribution in [2.75, 3.05) is 13.7 Å². The van der Waals surface area contributed by atoms with Crippen molar-refractivity contribution in [1.82, 2.24) is 10.2 Å². The average Bonchev–Trinajstić information content (AvgIpc) is 3.52. The van der Waals surface area contributed by atoms with Gasteiger partial charge in [-0.15, -0.1) is 0 Å². The van der Waals surface area contributed by atoms with Gasteiger partial charge < -0.3 is 19.4 Å². The Balaban J connectivity index is 1.16. The Labute approximate surface area is 295 Å². The molecule has 4 aromatic rings. The normalized spacial score (nSPS) is 24.1. The molecular formula is C43H44N2O4Si. The number of rotatable bonds is 12. The summed E-state index contributed by atoms with van der Waals surface area (Å²) >= 11 is 0. The summed E-state index contributed by atoms with van der Waals surface area (Å²) in [7, 11) is -0.942. The summed E-state index contributed by atoms with van der Waals surface area (Å²) in [6, 6.07) is 44.4. The number of nitrogens with one attached hydrogen (secondary N) is 1. The summed E-state index contributed by atoms with van der Waals surface area (Å²) in [6.45, 7) is 0.550. The number of hydrogen-bond donors (Lipinski definition) is 1. The molecule has 2 amide bonds. The fourth-order valence-corrected chi connectivity index (χ4v) is 13.5. The molecule has 1 N–H and O–H groups in total. The Morgan fingerprint density at radius 2 is 1.18 bits per heavy atom. The van der Waals surface area contributed by atoms with Gasteiger partial charge in [0, 0.05) is 6.54 Å². The zero-order chi connectivity index (χ0) is 34.1. The first-order chi connectivity index (χ1) is 24.5. The molecule has 4 bridgehead atoms. The molecule has 0 radical (unpaired) electrons. The molecule has 0 saturated carbocycles. The predicted molar refractivity (Wildman–Crippen MR) is 197 cm³/mol. The maximum Gasteiger partial charge on any atom is 0.233 e. The van der Waals surface area contributed by atoms with Crippen LogP contribution in [0.2, 0.25) is 0 Å². The van der Waals surface area contributed by atoms with Crippen molar-refractivity contribution in [1.29, 1.82) is 0 Å². The maximum atomic E-state index is 14.6. The van der Waals surface area contributed by atoms with E-state index in [1.807, 2.05) is 29.2 Å². The van der Waals surface area contributed by atoms with Gasteiger partial charge in [-0.1, -0.05) is 127 Å². The Morgan fingerprint density at radius 1 is 0.680 bits per heavy atom. The number of nitrogens with zero attached hydrogens (tertiary/aromatic N) is 1. The van der Waals surface area contributed by atoms with Crippen LogP contribution in [0.3, 0.4) is 0 Å². The highest BCUT2D eigenvalue weighted by atomic mass is 28.4. The summed E-state index contributed by atoms with van der Waals surface area (Å²) in [4.78, 5) is 30.4. The number of amides is 2. The van der Waals surface area contributed by atoms with E-state index in [1.54, 1.807) is 7.11 Å². The zero-order valence-electron chi connectivity index (χ0n) is 28.5. The molecule has 5 heterocycles. The van der Waals surface area contributed by atoms with Crippen LogP contribution in [0.1, 0.15) is 35.1 Å². The third-order valence-corrected chi connectivity index (χ3v) is 15.1. The first-order valence-corrected chi connectivity index (χ1v) is 20.4. The summed E-state index contributed by atoms with van der Waals surface area (Å²) in [5.41, 5.74) is 7.43. The van der Waals surface area contributed by atoms with Crippen molar-refractivity contribution < 1.29 is 18.8 Å². The van der Waals surface area contributed by atoms with E-state index in [4.69, 9.17) is 9.16 Å². The summed E-state index contributed by atoms with van der Waals surface area (Å²) in [6.07, 6.45) is 4.06. The van der Waals surface area contributed by atoms with Crippen LogP contribution < -0.4 is 5.32 Å².